The second-order valence-electron chi connectivity index (χ2n) is 18.7. The maximum Gasteiger partial charge on any atom is 0.407 e. The van der Waals surface area contributed by atoms with Gasteiger partial charge in [0, 0.05) is 43.5 Å². The number of alkyl carbamates (subject to hydrolysis) is 1. The monoisotopic (exact) mass is 897 g/mol. The molecule has 3 amide bonds. The summed E-state index contributed by atoms with van der Waals surface area (Å²) in [5.41, 5.74) is 8.00. The highest BCUT2D eigenvalue weighted by atomic mass is 19.4. The summed E-state index contributed by atoms with van der Waals surface area (Å²) in [7, 11) is 2.86. The molecule has 2 aromatic heterocycles. The lowest BCUT2D eigenvalue weighted by atomic mass is 9.82. The van der Waals surface area contributed by atoms with Crippen LogP contribution in [0.4, 0.5) is 18.0 Å². The predicted octanol–water partition coefficient (Wildman–Crippen LogP) is 8.98. The first-order valence-electron chi connectivity index (χ1n) is 23.0. The second-order valence-corrected chi connectivity index (χ2v) is 18.7. The van der Waals surface area contributed by atoms with Gasteiger partial charge in [-0.3, -0.25) is 9.59 Å². The number of nitrogens with one attached hydrogen (secondary N) is 3. The van der Waals surface area contributed by atoms with Crippen LogP contribution in [0, 0.1) is 17.8 Å². The first kappa shape index (κ1) is 44.7. The van der Waals surface area contributed by atoms with E-state index >= 15 is 0 Å². The standard InChI is InChI=1S/C49H58F3N7O6/c1-27(2)20-42(60)59-32(26-63-3)13-18-40(59)46-54-38-17-12-29-21-28(11-14-34(29)44(38)56-46)33-15-16-37(36-10-6-5-9-35(33)36)39-23-53-45(55-39)41-22-31(49(50,51)52)24-58(41)47(61)43(57-48(62)64-4)30-8-7-19-65-25-30/h11-12,14-17,21,23,27,30-32,40-41,43H,5-10,13,18-20,22,24-26H2,1-4H3,(H,53,55)(H,54,56)(H,57,62)/t30-,31+,32-,40+,41+,43+/m1/s1. The molecule has 0 unspecified atom stereocenters. The van der Waals surface area contributed by atoms with Crippen molar-refractivity contribution in [2.45, 2.75) is 108 Å². The molecule has 13 nitrogen and oxygen atoms in total. The maximum absolute atomic E-state index is 14.4. The minimum absolute atomic E-state index is 0.00832. The Bertz CT molecular complexity index is 2570. The zero-order valence-electron chi connectivity index (χ0n) is 37.4. The van der Waals surface area contributed by atoms with Crippen molar-refractivity contribution < 1.29 is 41.8 Å². The number of alkyl halides is 3. The molecule has 5 heterocycles. The average Bonchev–Trinajstić information content (AvgIpc) is 4.13. The fourth-order valence-corrected chi connectivity index (χ4v) is 10.9. The number of fused-ring (bicyclic) bond motifs is 4. The first-order chi connectivity index (χ1) is 31.3. The summed E-state index contributed by atoms with van der Waals surface area (Å²) in [6.07, 6.45) is 3.01. The number of imidazole rings is 2. The number of carbonyl (C=O) groups is 3. The number of rotatable bonds is 11. The van der Waals surface area contributed by atoms with Crippen molar-refractivity contribution in [2.75, 3.05) is 40.6 Å². The molecule has 0 bridgehead atoms. The molecule has 16 heteroatoms. The molecule has 9 rings (SSSR count). The van der Waals surface area contributed by atoms with Gasteiger partial charge in [-0.25, -0.2) is 14.8 Å². The molecule has 3 aliphatic heterocycles. The zero-order valence-corrected chi connectivity index (χ0v) is 37.4. The Kier molecular flexibility index (Phi) is 12.7. The van der Waals surface area contributed by atoms with Crippen molar-refractivity contribution in [3.8, 4) is 22.4 Å². The topological polar surface area (TPSA) is 155 Å². The van der Waals surface area contributed by atoms with Gasteiger partial charge in [-0.15, -0.1) is 0 Å². The molecule has 0 spiro atoms. The van der Waals surface area contributed by atoms with Crippen LogP contribution in [-0.2, 0) is 36.6 Å². The Balaban J connectivity index is 1.01. The number of hydrogen-bond donors (Lipinski definition) is 3. The lowest BCUT2D eigenvalue weighted by Gasteiger charge is -2.34. The molecule has 4 aliphatic rings. The van der Waals surface area contributed by atoms with Crippen molar-refractivity contribution >= 4 is 39.7 Å². The number of nitrogens with zero attached hydrogens (tertiary/aromatic N) is 4. The predicted molar refractivity (Wildman–Crippen MR) is 239 cm³/mol. The summed E-state index contributed by atoms with van der Waals surface area (Å²) >= 11 is 0. The Hall–Kier alpha value is -5.48. The number of hydrogen-bond acceptors (Lipinski definition) is 8. The SMILES string of the molecule is COC[C@H]1CC[C@@H](c2nc3ccc4cc(-c5ccc(-c6cnc([C@@H]7C[C@H](C(F)(F)F)CN7C(=O)[C@@H](NC(=O)OC)[C@@H]7CCCOC7)[nH]6)c6c5CCCC6)ccc4c3[nH]2)N1C(=O)CC(C)C. The molecule has 3 N–H and O–H groups in total. The van der Waals surface area contributed by atoms with Crippen LogP contribution in [0.25, 0.3) is 44.2 Å². The summed E-state index contributed by atoms with van der Waals surface area (Å²) in [5, 5.41) is 4.70. The van der Waals surface area contributed by atoms with E-state index in [-0.39, 0.29) is 42.8 Å². The molecule has 65 heavy (non-hydrogen) atoms. The van der Waals surface area contributed by atoms with Gasteiger partial charge >= 0.3 is 12.3 Å². The number of carbonyl (C=O) groups excluding carboxylic acids is 3. The third-order valence-corrected chi connectivity index (χ3v) is 14.0. The van der Waals surface area contributed by atoms with Gasteiger partial charge < -0.3 is 39.3 Å². The highest BCUT2D eigenvalue weighted by molar-refractivity contribution is 6.05. The molecule has 1 aliphatic carbocycles. The number of aromatic amines is 2. The van der Waals surface area contributed by atoms with E-state index in [1.165, 1.54) is 23.1 Å². The van der Waals surface area contributed by atoms with Crippen LogP contribution in [0.3, 0.4) is 0 Å². The summed E-state index contributed by atoms with van der Waals surface area (Å²) in [6, 6.07) is 12.6. The summed E-state index contributed by atoms with van der Waals surface area (Å²) in [5.74, 6) is -1.37. The molecule has 0 saturated carbocycles. The Morgan fingerprint density at radius 1 is 0.938 bits per heavy atom. The van der Waals surface area contributed by atoms with Gasteiger partial charge in [-0.05, 0) is 103 Å². The van der Waals surface area contributed by atoms with E-state index in [9.17, 15) is 27.6 Å². The molecule has 3 aromatic carbocycles. The van der Waals surface area contributed by atoms with E-state index in [0.29, 0.717) is 38.2 Å². The summed E-state index contributed by atoms with van der Waals surface area (Å²) < 4.78 is 59.0. The fourth-order valence-electron chi connectivity index (χ4n) is 10.9. The van der Waals surface area contributed by atoms with E-state index in [4.69, 9.17) is 19.2 Å². The second kappa shape index (κ2) is 18.4. The number of ether oxygens (including phenoxy) is 3. The molecular weight excluding hydrogens is 840 g/mol. The van der Waals surface area contributed by atoms with E-state index < -0.39 is 48.6 Å². The lowest BCUT2D eigenvalue weighted by Crippen LogP contribution is -2.54. The highest BCUT2D eigenvalue weighted by Crippen LogP contribution is 2.45. The Morgan fingerprint density at radius 3 is 2.45 bits per heavy atom. The van der Waals surface area contributed by atoms with Gasteiger partial charge in [0.15, 0.2) is 0 Å². The largest absolute Gasteiger partial charge is 0.453 e. The minimum atomic E-state index is -4.53. The quantitative estimate of drug-likeness (QED) is 0.119. The zero-order chi connectivity index (χ0) is 45.6. The third kappa shape index (κ3) is 8.83. The van der Waals surface area contributed by atoms with Gasteiger partial charge in [0.05, 0.1) is 67.3 Å². The van der Waals surface area contributed by atoms with Gasteiger partial charge in [0.25, 0.3) is 0 Å². The van der Waals surface area contributed by atoms with Crippen LogP contribution in [0.2, 0.25) is 0 Å². The molecular formula is C49H58F3N7O6. The molecule has 5 aromatic rings. The van der Waals surface area contributed by atoms with Crippen molar-refractivity contribution in [1.82, 2.24) is 35.1 Å². The number of halogens is 3. The van der Waals surface area contributed by atoms with Gasteiger partial charge in [-0.2, -0.15) is 13.2 Å². The van der Waals surface area contributed by atoms with Gasteiger partial charge in [-0.1, -0.05) is 44.2 Å². The van der Waals surface area contributed by atoms with Crippen LogP contribution in [0.15, 0.2) is 48.7 Å². The molecule has 0 radical (unpaired) electrons. The lowest BCUT2D eigenvalue weighted by molar-refractivity contribution is -0.171. The van der Waals surface area contributed by atoms with Crippen LogP contribution < -0.4 is 5.32 Å². The number of amides is 3. The summed E-state index contributed by atoms with van der Waals surface area (Å²) in [4.78, 5) is 60.0. The number of likely N-dealkylation sites (tertiary alicyclic amines) is 2. The van der Waals surface area contributed by atoms with Crippen molar-refractivity contribution in [3.63, 3.8) is 0 Å². The normalized spacial score (nSPS) is 23.0. The minimum Gasteiger partial charge on any atom is -0.453 e. The van der Waals surface area contributed by atoms with E-state index in [0.717, 1.165) is 82.8 Å². The number of H-pyrrole nitrogens is 2. The molecule has 3 fully saturated rings. The molecule has 6 atom stereocenters. The first-order valence-corrected chi connectivity index (χ1v) is 23.0. The smallest absolute Gasteiger partial charge is 0.407 e. The molecule has 346 valence electrons. The van der Waals surface area contributed by atoms with Crippen molar-refractivity contribution in [3.05, 3.63) is 71.4 Å². The van der Waals surface area contributed by atoms with Gasteiger partial charge in [0.2, 0.25) is 11.8 Å². The van der Waals surface area contributed by atoms with Crippen molar-refractivity contribution in [2.24, 2.45) is 17.8 Å². The van der Waals surface area contributed by atoms with Crippen LogP contribution in [0.1, 0.15) is 100 Å². The number of aromatic nitrogens is 4. The van der Waals surface area contributed by atoms with E-state index in [1.807, 2.05) is 11.0 Å². The maximum atomic E-state index is 14.4. The third-order valence-electron chi connectivity index (χ3n) is 14.0. The highest BCUT2D eigenvalue weighted by Gasteiger charge is 2.52. The van der Waals surface area contributed by atoms with Crippen molar-refractivity contribution in [1.29, 1.82) is 0 Å². The van der Waals surface area contributed by atoms with Crippen LogP contribution in [0.5, 0.6) is 0 Å². The summed E-state index contributed by atoms with van der Waals surface area (Å²) in [6.45, 7) is 4.77. The van der Waals surface area contributed by atoms with E-state index in [1.54, 1.807) is 13.3 Å². The number of benzene rings is 3. The Labute approximate surface area is 376 Å². The Morgan fingerprint density at radius 2 is 1.72 bits per heavy atom. The average molecular weight is 898 g/mol. The van der Waals surface area contributed by atoms with Crippen LogP contribution >= 0.6 is 0 Å². The molecule has 3 saturated heterocycles. The van der Waals surface area contributed by atoms with Crippen LogP contribution in [-0.4, -0.2) is 106 Å². The number of methoxy groups -OCH3 is 2. The fraction of sp³-hybridized carbons (Fsp3) is 0.531. The van der Waals surface area contributed by atoms with Gasteiger partial charge in [0.1, 0.15) is 17.7 Å². The van der Waals surface area contributed by atoms with E-state index in [2.05, 4.69) is 70.5 Å².